The molecule has 1 nitrogen and oxygen atoms in total. The summed E-state index contributed by atoms with van der Waals surface area (Å²) in [5.41, 5.74) is 3.03. The summed E-state index contributed by atoms with van der Waals surface area (Å²) in [6.45, 7) is 2.27. The quantitative estimate of drug-likeness (QED) is 0.144. The predicted molar refractivity (Wildman–Crippen MR) is 151 cm³/mol. The standard InChI is InChI=1S/C34H50FN/c1-2-3-5-10-28-15-17-29(18-16-28)12-8-9-13-31-21-25-33(26-22-31)32-23-19-30(20-24-32)11-6-4-7-14-34(35)27-36/h4,7,14-18,30-33H,2-3,5-6,8-13,19-26H2,1H3/b7-4+,34-14-. The van der Waals surface area contributed by atoms with Crippen LogP contribution in [0.4, 0.5) is 4.39 Å². The third kappa shape index (κ3) is 10.6. The van der Waals surface area contributed by atoms with E-state index in [9.17, 15) is 4.39 Å². The average Bonchev–Trinajstić information content (AvgIpc) is 2.92. The van der Waals surface area contributed by atoms with E-state index in [0.717, 1.165) is 30.1 Å². The van der Waals surface area contributed by atoms with Crippen molar-refractivity contribution in [2.24, 2.45) is 23.7 Å². The summed E-state index contributed by atoms with van der Waals surface area (Å²) in [7, 11) is 0. The Bertz CT molecular complexity index is 814. The number of halogens is 1. The van der Waals surface area contributed by atoms with Gasteiger partial charge in [-0.15, -0.1) is 0 Å². The number of unbranched alkanes of at least 4 members (excludes halogenated alkanes) is 3. The number of allylic oxidation sites excluding steroid dienone is 4. The van der Waals surface area contributed by atoms with E-state index in [2.05, 4.69) is 31.2 Å². The van der Waals surface area contributed by atoms with Crippen LogP contribution in [-0.4, -0.2) is 0 Å². The molecule has 2 heteroatoms. The second-order valence-electron chi connectivity index (χ2n) is 11.7. The molecular weight excluding hydrogens is 441 g/mol. The molecule has 0 unspecified atom stereocenters. The molecule has 0 N–H and O–H groups in total. The number of aryl methyl sites for hydroxylation is 2. The highest BCUT2D eigenvalue weighted by Gasteiger charge is 2.30. The van der Waals surface area contributed by atoms with Crippen molar-refractivity contribution in [3.05, 3.63) is 59.4 Å². The second kappa shape index (κ2) is 16.8. The van der Waals surface area contributed by atoms with Gasteiger partial charge in [-0.25, -0.2) is 0 Å². The lowest BCUT2D eigenvalue weighted by Crippen LogP contribution is -2.25. The summed E-state index contributed by atoms with van der Waals surface area (Å²) >= 11 is 0. The Hall–Kier alpha value is -1.88. The fourth-order valence-electron chi connectivity index (χ4n) is 6.73. The van der Waals surface area contributed by atoms with Crippen molar-refractivity contribution in [3.8, 4) is 6.07 Å². The Labute approximate surface area is 221 Å². The van der Waals surface area contributed by atoms with E-state index in [1.807, 2.05) is 6.08 Å². The van der Waals surface area contributed by atoms with Crippen molar-refractivity contribution in [2.75, 3.05) is 0 Å². The molecule has 0 aromatic heterocycles. The number of rotatable bonds is 14. The highest BCUT2D eigenvalue weighted by Crippen LogP contribution is 2.43. The fraction of sp³-hybridized carbons (Fsp3) is 0.676. The Kier molecular flexibility index (Phi) is 13.4. The molecule has 2 saturated carbocycles. The van der Waals surface area contributed by atoms with Crippen molar-refractivity contribution in [3.63, 3.8) is 0 Å². The molecule has 2 aliphatic rings. The van der Waals surface area contributed by atoms with Crippen LogP contribution in [0.25, 0.3) is 0 Å². The van der Waals surface area contributed by atoms with Crippen molar-refractivity contribution in [1.29, 1.82) is 5.26 Å². The van der Waals surface area contributed by atoms with Gasteiger partial charge in [-0.3, -0.25) is 0 Å². The van der Waals surface area contributed by atoms with Gasteiger partial charge in [0.15, 0.2) is 5.83 Å². The minimum absolute atomic E-state index is 0.708. The molecule has 0 radical (unpaired) electrons. The minimum atomic E-state index is -0.708. The lowest BCUT2D eigenvalue weighted by Gasteiger charge is -2.38. The Balaban J connectivity index is 1.22. The number of benzene rings is 1. The van der Waals surface area contributed by atoms with Crippen LogP contribution in [0.2, 0.25) is 0 Å². The molecule has 0 atom stereocenters. The van der Waals surface area contributed by atoms with Gasteiger partial charge in [-0.1, -0.05) is 94.7 Å². The van der Waals surface area contributed by atoms with Gasteiger partial charge in [0.2, 0.25) is 0 Å². The van der Waals surface area contributed by atoms with Crippen LogP contribution < -0.4 is 0 Å². The molecule has 0 spiro atoms. The maximum Gasteiger partial charge on any atom is 0.199 e. The number of nitriles is 1. The zero-order valence-electron chi connectivity index (χ0n) is 22.9. The molecule has 1 aromatic rings. The molecule has 0 amide bonds. The van der Waals surface area contributed by atoms with Gasteiger partial charge in [0.25, 0.3) is 0 Å². The molecule has 3 rings (SSSR count). The lowest BCUT2D eigenvalue weighted by molar-refractivity contribution is 0.140. The van der Waals surface area contributed by atoms with Gasteiger partial charge < -0.3 is 0 Å². The summed E-state index contributed by atoms with van der Waals surface area (Å²) in [5, 5.41) is 8.43. The summed E-state index contributed by atoms with van der Waals surface area (Å²) in [5.74, 6) is 3.06. The zero-order chi connectivity index (χ0) is 25.4. The van der Waals surface area contributed by atoms with Crippen LogP contribution >= 0.6 is 0 Å². The Morgan fingerprint density at radius 3 is 1.86 bits per heavy atom. The summed E-state index contributed by atoms with van der Waals surface area (Å²) in [6.07, 6.45) is 29.3. The summed E-state index contributed by atoms with van der Waals surface area (Å²) in [4.78, 5) is 0. The smallest absolute Gasteiger partial charge is 0.195 e. The largest absolute Gasteiger partial charge is 0.199 e. The molecule has 0 heterocycles. The molecule has 0 bridgehead atoms. The van der Waals surface area contributed by atoms with Crippen LogP contribution in [0.15, 0.2) is 48.3 Å². The van der Waals surface area contributed by atoms with E-state index in [-0.39, 0.29) is 0 Å². The molecule has 1 aromatic carbocycles. The molecular formula is C34H50FN. The van der Waals surface area contributed by atoms with E-state index < -0.39 is 5.83 Å². The number of nitrogens with zero attached hydrogens (tertiary/aromatic N) is 1. The van der Waals surface area contributed by atoms with Crippen LogP contribution in [0.5, 0.6) is 0 Å². The summed E-state index contributed by atoms with van der Waals surface area (Å²) < 4.78 is 12.8. The van der Waals surface area contributed by atoms with Gasteiger partial charge in [0.05, 0.1) is 0 Å². The third-order valence-corrected chi connectivity index (χ3v) is 9.10. The van der Waals surface area contributed by atoms with Gasteiger partial charge in [-0.05, 0) is 105 Å². The number of hydrogen-bond donors (Lipinski definition) is 0. The van der Waals surface area contributed by atoms with Crippen molar-refractivity contribution >= 4 is 0 Å². The highest BCUT2D eigenvalue weighted by atomic mass is 19.1. The van der Waals surface area contributed by atoms with Gasteiger partial charge in [0.1, 0.15) is 6.07 Å². The molecule has 2 fully saturated rings. The average molecular weight is 492 g/mol. The minimum Gasteiger partial charge on any atom is -0.195 e. The maximum absolute atomic E-state index is 12.8. The zero-order valence-corrected chi connectivity index (χ0v) is 22.9. The number of hydrogen-bond acceptors (Lipinski definition) is 1. The van der Waals surface area contributed by atoms with Gasteiger partial charge in [0, 0.05) is 0 Å². The maximum atomic E-state index is 12.8. The van der Waals surface area contributed by atoms with Crippen molar-refractivity contribution < 1.29 is 4.39 Å². The van der Waals surface area contributed by atoms with E-state index in [0.29, 0.717) is 0 Å². The Morgan fingerprint density at radius 1 is 0.806 bits per heavy atom. The molecule has 0 saturated heterocycles. The molecule has 36 heavy (non-hydrogen) atoms. The van der Waals surface area contributed by atoms with Crippen molar-refractivity contribution in [2.45, 2.75) is 122 Å². The Morgan fingerprint density at radius 2 is 1.33 bits per heavy atom. The normalized spacial score (nSPS) is 25.2. The first-order valence-electron chi connectivity index (χ1n) is 15.2. The topological polar surface area (TPSA) is 23.8 Å². The van der Waals surface area contributed by atoms with Gasteiger partial charge >= 0.3 is 0 Å². The molecule has 2 aliphatic carbocycles. The fourth-order valence-corrected chi connectivity index (χ4v) is 6.73. The first-order chi connectivity index (χ1) is 17.7. The predicted octanol–water partition coefficient (Wildman–Crippen LogP) is 10.5. The molecule has 198 valence electrons. The van der Waals surface area contributed by atoms with E-state index in [1.165, 1.54) is 132 Å². The SMILES string of the molecule is CCCCCc1ccc(CCCCC2CCC(C3CCC(CC/C=C/C=C(\F)C#N)CC3)CC2)cc1. The van der Waals surface area contributed by atoms with E-state index in [1.54, 1.807) is 6.08 Å². The monoisotopic (exact) mass is 491 g/mol. The molecule has 0 aliphatic heterocycles. The van der Waals surface area contributed by atoms with E-state index in [4.69, 9.17) is 5.26 Å². The van der Waals surface area contributed by atoms with Gasteiger partial charge in [-0.2, -0.15) is 9.65 Å². The van der Waals surface area contributed by atoms with Crippen LogP contribution in [0.1, 0.15) is 121 Å². The first-order valence-corrected chi connectivity index (χ1v) is 15.2. The van der Waals surface area contributed by atoms with Crippen LogP contribution in [-0.2, 0) is 12.8 Å². The lowest BCUT2D eigenvalue weighted by atomic mass is 9.68. The van der Waals surface area contributed by atoms with Crippen LogP contribution in [0.3, 0.4) is 0 Å². The second-order valence-corrected chi connectivity index (χ2v) is 11.7. The van der Waals surface area contributed by atoms with Crippen LogP contribution in [0, 0.1) is 35.0 Å². The first kappa shape index (κ1) is 28.7. The highest BCUT2D eigenvalue weighted by molar-refractivity contribution is 5.22. The summed E-state index contributed by atoms with van der Waals surface area (Å²) in [6, 6.07) is 11.0. The third-order valence-electron chi connectivity index (χ3n) is 9.10. The van der Waals surface area contributed by atoms with E-state index >= 15 is 0 Å². The van der Waals surface area contributed by atoms with Crippen molar-refractivity contribution in [1.82, 2.24) is 0 Å².